The first-order valence-electron chi connectivity index (χ1n) is 4.99. The van der Waals surface area contributed by atoms with Crippen molar-refractivity contribution in [2.24, 2.45) is 5.73 Å². The lowest BCUT2D eigenvalue weighted by atomic mass is 10.0. The molecular weight excluding hydrogens is 195 g/mol. The van der Waals surface area contributed by atoms with Crippen molar-refractivity contribution in [1.82, 2.24) is 5.32 Å². The van der Waals surface area contributed by atoms with Crippen molar-refractivity contribution < 1.29 is 9.50 Å². The van der Waals surface area contributed by atoms with Crippen LogP contribution in [0.1, 0.15) is 17.2 Å². The van der Waals surface area contributed by atoms with Crippen LogP contribution in [0.25, 0.3) is 0 Å². The number of nitrogens with two attached hydrogens (primary N) is 1. The molecule has 15 heavy (non-hydrogen) atoms. The third-order valence-corrected chi connectivity index (χ3v) is 2.34. The summed E-state index contributed by atoms with van der Waals surface area (Å²) in [4.78, 5) is 0. The Kier molecular flexibility index (Phi) is 4.68. The molecule has 1 atom stereocenters. The molecule has 0 spiro atoms. The molecule has 0 aliphatic rings. The third-order valence-electron chi connectivity index (χ3n) is 2.34. The van der Waals surface area contributed by atoms with Gasteiger partial charge in [-0.1, -0.05) is 12.1 Å². The molecule has 0 fully saturated rings. The Labute approximate surface area is 89.1 Å². The highest BCUT2D eigenvalue weighted by molar-refractivity contribution is 5.26. The van der Waals surface area contributed by atoms with Gasteiger partial charge in [0.25, 0.3) is 0 Å². The molecule has 0 heterocycles. The van der Waals surface area contributed by atoms with Crippen LogP contribution in [-0.4, -0.2) is 24.8 Å². The van der Waals surface area contributed by atoms with Crippen molar-refractivity contribution in [2.45, 2.75) is 13.0 Å². The van der Waals surface area contributed by atoms with Crippen LogP contribution in [0.5, 0.6) is 0 Å². The van der Waals surface area contributed by atoms with Gasteiger partial charge < -0.3 is 16.2 Å². The van der Waals surface area contributed by atoms with E-state index in [9.17, 15) is 4.39 Å². The highest BCUT2D eigenvalue weighted by Gasteiger charge is 2.09. The normalized spacial score (nSPS) is 12.8. The SMILES string of the molecule is Cc1ccc(C(CN)NCCO)cc1F. The molecule has 0 saturated heterocycles. The number of aliphatic hydroxyl groups excluding tert-OH is 1. The first-order chi connectivity index (χ1) is 7.19. The van der Waals surface area contributed by atoms with Gasteiger partial charge in [0.15, 0.2) is 0 Å². The van der Waals surface area contributed by atoms with Crippen molar-refractivity contribution in [3.63, 3.8) is 0 Å². The van der Waals surface area contributed by atoms with Crippen molar-refractivity contribution in [2.75, 3.05) is 19.7 Å². The van der Waals surface area contributed by atoms with Gasteiger partial charge in [0, 0.05) is 19.1 Å². The summed E-state index contributed by atoms with van der Waals surface area (Å²) in [5, 5.41) is 11.7. The van der Waals surface area contributed by atoms with Gasteiger partial charge in [0.2, 0.25) is 0 Å². The summed E-state index contributed by atoms with van der Waals surface area (Å²) in [7, 11) is 0. The zero-order valence-corrected chi connectivity index (χ0v) is 8.83. The number of benzene rings is 1. The Morgan fingerprint density at radius 3 is 2.80 bits per heavy atom. The fraction of sp³-hybridized carbons (Fsp3) is 0.455. The highest BCUT2D eigenvalue weighted by atomic mass is 19.1. The average molecular weight is 212 g/mol. The molecule has 3 nitrogen and oxygen atoms in total. The van der Waals surface area contributed by atoms with E-state index >= 15 is 0 Å². The number of rotatable bonds is 5. The minimum Gasteiger partial charge on any atom is -0.395 e. The van der Waals surface area contributed by atoms with E-state index in [1.807, 2.05) is 6.07 Å². The summed E-state index contributed by atoms with van der Waals surface area (Å²) in [6, 6.07) is 4.96. The Morgan fingerprint density at radius 2 is 2.27 bits per heavy atom. The van der Waals surface area contributed by atoms with Crippen molar-refractivity contribution in [3.05, 3.63) is 35.1 Å². The predicted molar refractivity (Wildman–Crippen MR) is 58.0 cm³/mol. The van der Waals surface area contributed by atoms with Crippen LogP contribution in [0.15, 0.2) is 18.2 Å². The minimum atomic E-state index is -0.225. The highest BCUT2D eigenvalue weighted by Crippen LogP contribution is 2.15. The zero-order chi connectivity index (χ0) is 11.3. The molecule has 1 unspecified atom stereocenters. The van der Waals surface area contributed by atoms with Crippen LogP contribution in [0.4, 0.5) is 4.39 Å². The lowest BCUT2D eigenvalue weighted by molar-refractivity contribution is 0.285. The van der Waals surface area contributed by atoms with Gasteiger partial charge in [0.05, 0.1) is 6.61 Å². The fourth-order valence-corrected chi connectivity index (χ4v) is 1.40. The summed E-state index contributed by atoms with van der Waals surface area (Å²) in [6.45, 7) is 2.60. The lowest BCUT2D eigenvalue weighted by Crippen LogP contribution is -2.30. The van der Waals surface area contributed by atoms with Crippen LogP contribution in [0, 0.1) is 12.7 Å². The Morgan fingerprint density at radius 1 is 1.53 bits per heavy atom. The molecule has 0 aliphatic carbocycles. The van der Waals surface area contributed by atoms with Crippen molar-refractivity contribution in [1.29, 1.82) is 0 Å². The van der Waals surface area contributed by atoms with Crippen LogP contribution in [-0.2, 0) is 0 Å². The second kappa shape index (κ2) is 5.80. The molecule has 1 aromatic carbocycles. The van der Waals surface area contributed by atoms with Gasteiger partial charge in [-0.15, -0.1) is 0 Å². The summed E-state index contributed by atoms with van der Waals surface area (Å²) in [5.41, 5.74) is 7.00. The minimum absolute atomic E-state index is 0.0465. The molecule has 4 heteroatoms. The largest absolute Gasteiger partial charge is 0.395 e. The Balaban J connectivity index is 2.78. The Bertz CT molecular complexity index is 317. The third kappa shape index (κ3) is 3.27. The molecule has 0 amide bonds. The number of halogens is 1. The molecule has 0 saturated carbocycles. The second-order valence-corrected chi connectivity index (χ2v) is 3.47. The molecule has 0 radical (unpaired) electrons. The van der Waals surface area contributed by atoms with Gasteiger partial charge in [-0.3, -0.25) is 0 Å². The smallest absolute Gasteiger partial charge is 0.126 e. The number of aryl methyl sites for hydroxylation is 1. The van der Waals surface area contributed by atoms with Gasteiger partial charge >= 0.3 is 0 Å². The summed E-state index contributed by atoms with van der Waals surface area (Å²) in [5.74, 6) is -0.225. The fourth-order valence-electron chi connectivity index (χ4n) is 1.40. The summed E-state index contributed by atoms with van der Waals surface area (Å²) in [6.07, 6.45) is 0. The molecule has 0 bridgehead atoms. The molecule has 0 aliphatic heterocycles. The maximum Gasteiger partial charge on any atom is 0.126 e. The van der Waals surface area contributed by atoms with Gasteiger partial charge in [-0.25, -0.2) is 4.39 Å². The van der Waals surface area contributed by atoms with Crippen molar-refractivity contribution >= 4 is 0 Å². The van der Waals surface area contributed by atoms with E-state index in [1.165, 1.54) is 6.07 Å². The number of hydrogen-bond acceptors (Lipinski definition) is 3. The van der Waals surface area contributed by atoms with E-state index in [4.69, 9.17) is 10.8 Å². The van der Waals surface area contributed by atoms with E-state index in [0.717, 1.165) is 5.56 Å². The molecule has 84 valence electrons. The summed E-state index contributed by atoms with van der Waals surface area (Å²) >= 11 is 0. The summed E-state index contributed by atoms with van der Waals surface area (Å²) < 4.78 is 13.3. The first kappa shape index (κ1) is 12.1. The van der Waals surface area contributed by atoms with Crippen LogP contribution < -0.4 is 11.1 Å². The topological polar surface area (TPSA) is 58.3 Å². The maximum absolute atomic E-state index is 13.3. The standard InChI is InChI=1S/C11H17FN2O/c1-8-2-3-9(6-10(8)12)11(7-13)14-4-5-15/h2-3,6,11,14-15H,4-5,7,13H2,1H3. The second-order valence-electron chi connectivity index (χ2n) is 3.47. The molecular formula is C11H17FN2O. The quantitative estimate of drug-likeness (QED) is 0.674. The predicted octanol–water partition coefficient (Wildman–Crippen LogP) is 0.716. The van der Waals surface area contributed by atoms with E-state index in [-0.39, 0.29) is 18.5 Å². The van der Waals surface area contributed by atoms with Gasteiger partial charge in [0.1, 0.15) is 5.82 Å². The van der Waals surface area contributed by atoms with Gasteiger partial charge in [-0.05, 0) is 24.1 Å². The molecule has 4 N–H and O–H groups in total. The number of nitrogens with one attached hydrogen (secondary N) is 1. The first-order valence-corrected chi connectivity index (χ1v) is 4.99. The van der Waals surface area contributed by atoms with Crippen molar-refractivity contribution in [3.8, 4) is 0 Å². The zero-order valence-electron chi connectivity index (χ0n) is 8.83. The maximum atomic E-state index is 13.3. The van der Waals surface area contributed by atoms with Crippen LogP contribution in [0.3, 0.4) is 0 Å². The number of hydrogen-bond donors (Lipinski definition) is 3. The van der Waals surface area contributed by atoms with E-state index < -0.39 is 0 Å². The van der Waals surface area contributed by atoms with E-state index in [1.54, 1.807) is 13.0 Å². The van der Waals surface area contributed by atoms with E-state index in [0.29, 0.717) is 18.7 Å². The monoisotopic (exact) mass is 212 g/mol. The molecule has 1 aromatic rings. The average Bonchev–Trinajstić information content (AvgIpc) is 2.24. The molecule has 1 rings (SSSR count). The Hall–Kier alpha value is -0.970. The van der Waals surface area contributed by atoms with Gasteiger partial charge in [-0.2, -0.15) is 0 Å². The van der Waals surface area contributed by atoms with Crippen LogP contribution >= 0.6 is 0 Å². The van der Waals surface area contributed by atoms with Crippen LogP contribution in [0.2, 0.25) is 0 Å². The van der Waals surface area contributed by atoms with E-state index in [2.05, 4.69) is 5.32 Å². The number of aliphatic hydroxyl groups is 1. The lowest BCUT2D eigenvalue weighted by Gasteiger charge is -2.17. The molecule has 0 aromatic heterocycles.